The van der Waals surface area contributed by atoms with E-state index in [1.54, 1.807) is 0 Å². The van der Waals surface area contributed by atoms with Gasteiger partial charge in [-0.15, -0.1) is 0 Å². The van der Waals surface area contributed by atoms with Crippen LogP contribution >= 0.6 is 0 Å². The molecule has 0 spiro atoms. The fourth-order valence-electron chi connectivity index (χ4n) is 2.49. The minimum absolute atomic E-state index is 0.295. The molecule has 2 rings (SSSR count). The molecule has 0 saturated carbocycles. The maximum absolute atomic E-state index is 11.2. The number of amides is 1. The van der Waals surface area contributed by atoms with Crippen LogP contribution in [0.3, 0.4) is 0 Å². The second-order valence-corrected chi connectivity index (χ2v) is 4.47. The molecular formula is C13H15NO4. The van der Waals surface area contributed by atoms with Gasteiger partial charge < -0.3 is 15.1 Å². The Morgan fingerprint density at radius 3 is 2.44 bits per heavy atom. The van der Waals surface area contributed by atoms with E-state index in [1.165, 1.54) is 4.90 Å². The quantitative estimate of drug-likeness (QED) is 0.854. The van der Waals surface area contributed by atoms with E-state index in [0.717, 1.165) is 5.56 Å². The first-order valence-corrected chi connectivity index (χ1v) is 5.86. The van der Waals surface area contributed by atoms with E-state index in [9.17, 15) is 9.59 Å². The van der Waals surface area contributed by atoms with Crippen LogP contribution in [0.25, 0.3) is 0 Å². The van der Waals surface area contributed by atoms with E-state index in [0.29, 0.717) is 19.4 Å². The molecule has 2 N–H and O–H groups in total. The second-order valence-electron chi connectivity index (χ2n) is 4.47. The number of carboxylic acid groups (broad SMARTS) is 2. The van der Waals surface area contributed by atoms with E-state index < -0.39 is 24.0 Å². The number of carboxylic acids is 1. The number of carbonyl (C=O) groups is 2. The first-order valence-electron chi connectivity index (χ1n) is 5.86. The summed E-state index contributed by atoms with van der Waals surface area (Å²) >= 11 is 0. The van der Waals surface area contributed by atoms with Gasteiger partial charge >= 0.3 is 12.1 Å². The summed E-state index contributed by atoms with van der Waals surface area (Å²) in [4.78, 5) is 23.5. The van der Waals surface area contributed by atoms with Crippen molar-refractivity contribution in [1.82, 2.24) is 4.90 Å². The van der Waals surface area contributed by atoms with E-state index >= 15 is 0 Å². The first kappa shape index (κ1) is 12.4. The van der Waals surface area contributed by atoms with Crippen molar-refractivity contribution < 1.29 is 19.8 Å². The van der Waals surface area contributed by atoms with Gasteiger partial charge in [0.25, 0.3) is 0 Å². The highest BCUT2D eigenvalue weighted by atomic mass is 16.4. The number of rotatable bonds is 3. The molecular weight excluding hydrogens is 234 g/mol. The minimum Gasteiger partial charge on any atom is -0.481 e. The Balaban J connectivity index is 2.19. The van der Waals surface area contributed by atoms with Crippen molar-refractivity contribution in [3.63, 3.8) is 0 Å². The summed E-state index contributed by atoms with van der Waals surface area (Å²) in [5.41, 5.74) is 0.960. The van der Waals surface area contributed by atoms with Crippen molar-refractivity contribution in [2.24, 2.45) is 5.92 Å². The van der Waals surface area contributed by atoms with Crippen molar-refractivity contribution in [3.8, 4) is 0 Å². The van der Waals surface area contributed by atoms with Crippen LogP contribution in [0, 0.1) is 5.92 Å². The Morgan fingerprint density at radius 1 is 1.22 bits per heavy atom. The first-order chi connectivity index (χ1) is 8.59. The average Bonchev–Trinajstić information content (AvgIpc) is 2.74. The zero-order valence-electron chi connectivity index (χ0n) is 9.82. The van der Waals surface area contributed by atoms with Crippen LogP contribution in [0.15, 0.2) is 30.3 Å². The third kappa shape index (κ3) is 2.45. The average molecular weight is 249 g/mol. The summed E-state index contributed by atoms with van der Waals surface area (Å²) in [6.07, 6.45) is -0.205. The molecule has 96 valence electrons. The summed E-state index contributed by atoms with van der Waals surface area (Å²) in [6, 6.07) is 8.91. The molecule has 1 amide bonds. The number of hydrogen-bond donors (Lipinski definition) is 2. The van der Waals surface area contributed by atoms with Gasteiger partial charge in [-0.1, -0.05) is 30.3 Å². The maximum Gasteiger partial charge on any atom is 0.407 e. The highest BCUT2D eigenvalue weighted by molar-refractivity contribution is 5.74. The Morgan fingerprint density at radius 2 is 1.89 bits per heavy atom. The van der Waals surface area contributed by atoms with Gasteiger partial charge in [-0.25, -0.2) is 4.79 Å². The van der Waals surface area contributed by atoms with Gasteiger partial charge in [0.2, 0.25) is 0 Å². The molecule has 2 unspecified atom stereocenters. The van der Waals surface area contributed by atoms with Gasteiger partial charge in [0.1, 0.15) is 0 Å². The van der Waals surface area contributed by atoms with E-state index in [4.69, 9.17) is 10.2 Å². The second kappa shape index (κ2) is 5.08. The van der Waals surface area contributed by atoms with Gasteiger partial charge in [-0.05, 0) is 18.4 Å². The van der Waals surface area contributed by atoms with Crippen molar-refractivity contribution in [2.75, 3.05) is 6.54 Å². The van der Waals surface area contributed by atoms with Crippen LogP contribution in [0.2, 0.25) is 0 Å². The highest BCUT2D eigenvalue weighted by Crippen LogP contribution is 2.27. The Labute approximate surface area is 105 Å². The Bertz CT molecular complexity index is 424. The molecule has 1 saturated heterocycles. The molecule has 1 aliphatic rings. The smallest absolute Gasteiger partial charge is 0.407 e. The van der Waals surface area contributed by atoms with Gasteiger partial charge in [0, 0.05) is 6.54 Å². The monoisotopic (exact) mass is 249 g/mol. The van der Waals surface area contributed by atoms with Crippen molar-refractivity contribution in [3.05, 3.63) is 35.9 Å². The van der Waals surface area contributed by atoms with Crippen LogP contribution < -0.4 is 0 Å². The summed E-state index contributed by atoms with van der Waals surface area (Å²) < 4.78 is 0. The molecule has 1 aromatic carbocycles. The molecule has 0 aromatic heterocycles. The third-order valence-electron chi connectivity index (χ3n) is 3.40. The molecule has 1 aromatic rings. The lowest BCUT2D eigenvalue weighted by Gasteiger charge is -2.24. The van der Waals surface area contributed by atoms with Gasteiger partial charge in [0.05, 0.1) is 12.0 Å². The summed E-state index contributed by atoms with van der Waals surface area (Å²) in [7, 11) is 0. The lowest BCUT2D eigenvalue weighted by atomic mass is 9.94. The largest absolute Gasteiger partial charge is 0.481 e. The fourth-order valence-corrected chi connectivity index (χ4v) is 2.49. The molecule has 18 heavy (non-hydrogen) atoms. The van der Waals surface area contributed by atoms with E-state index in [-0.39, 0.29) is 0 Å². The standard InChI is InChI=1S/C13H15NO4/c15-12(16)10-6-7-14(13(17)18)11(10)8-9-4-2-1-3-5-9/h1-5,10-11H,6-8H2,(H,15,16)(H,17,18). The highest BCUT2D eigenvalue weighted by Gasteiger charge is 2.40. The predicted molar refractivity (Wildman–Crippen MR) is 64.4 cm³/mol. The molecule has 1 heterocycles. The lowest BCUT2D eigenvalue weighted by Crippen LogP contribution is -2.40. The fraction of sp³-hybridized carbons (Fsp3) is 0.385. The molecule has 0 radical (unpaired) electrons. The van der Waals surface area contributed by atoms with Gasteiger partial charge in [0.15, 0.2) is 0 Å². The molecule has 1 aliphatic heterocycles. The van der Waals surface area contributed by atoms with E-state index in [2.05, 4.69) is 0 Å². The third-order valence-corrected chi connectivity index (χ3v) is 3.40. The number of nitrogens with zero attached hydrogens (tertiary/aromatic N) is 1. The topological polar surface area (TPSA) is 77.8 Å². The minimum atomic E-state index is -1.04. The van der Waals surface area contributed by atoms with Crippen molar-refractivity contribution in [1.29, 1.82) is 0 Å². The van der Waals surface area contributed by atoms with Crippen LogP contribution in [0.5, 0.6) is 0 Å². The zero-order valence-corrected chi connectivity index (χ0v) is 9.82. The van der Waals surface area contributed by atoms with Crippen LogP contribution in [-0.4, -0.2) is 39.8 Å². The molecule has 0 bridgehead atoms. The van der Waals surface area contributed by atoms with Crippen molar-refractivity contribution >= 4 is 12.1 Å². The van der Waals surface area contributed by atoms with E-state index in [1.807, 2.05) is 30.3 Å². The summed E-state index contributed by atoms with van der Waals surface area (Å²) in [5.74, 6) is -1.53. The number of benzene rings is 1. The molecule has 1 fully saturated rings. The van der Waals surface area contributed by atoms with Crippen LogP contribution in [0.4, 0.5) is 4.79 Å². The number of aliphatic carboxylic acids is 1. The molecule has 0 aliphatic carbocycles. The Kier molecular flexibility index (Phi) is 3.50. The number of likely N-dealkylation sites (tertiary alicyclic amines) is 1. The molecule has 5 nitrogen and oxygen atoms in total. The maximum atomic E-state index is 11.2. The number of hydrogen-bond acceptors (Lipinski definition) is 2. The Hall–Kier alpha value is -2.04. The predicted octanol–water partition coefficient (Wildman–Crippen LogP) is 1.68. The summed E-state index contributed by atoms with van der Waals surface area (Å²) in [6.45, 7) is 0.295. The lowest BCUT2D eigenvalue weighted by molar-refractivity contribution is -0.142. The van der Waals surface area contributed by atoms with Crippen LogP contribution in [-0.2, 0) is 11.2 Å². The zero-order chi connectivity index (χ0) is 13.1. The van der Waals surface area contributed by atoms with Gasteiger partial charge in [-0.3, -0.25) is 4.79 Å². The molecule has 5 heteroatoms. The van der Waals surface area contributed by atoms with Crippen molar-refractivity contribution in [2.45, 2.75) is 18.9 Å². The van der Waals surface area contributed by atoms with Crippen LogP contribution in [0.1, 0.15) is 12.0 Å². The normalized spacial score (nSPS) is 23.0. The SMILES string of the molecule is O=C(O)C1CCN(C(=O)O)C1Cc1ccccc1. The van der Waals surface area contributed by atoms with Gasteiger partial charge in [-0.2, -0.15) is 0 Å². The summed E-state index contributed by atoms with van der Waals surface area (Å²) in [5, 5.41) is 18.2. The molecule has 2 atom stereocenters.